The van der Waals surface area contributed by atoms with Gasteiger partial charge in [0.05, 0.1) is 17.4 Å². The molecule has 1 aromatic heterocycles. The van der Waals surface area contributed by atoms with E-state index in [4.69, 9.17) is 4.74 Å². The second-order valence-electron chi connectivity index (χ2n) is 6.96. The third kappa shape index (κ3) is 4.20. The highest BCUT2D eigenvalue weighted by Gasteiger charge is 2.12. The fourth-order valence-electron chi connectivity index (χ4n) is 3.60. The highest BCUT2D eigenvalue weighted by Crippen LogP contribution is 2.25. The van der Waals surface area contributed by atoms with Gasteiger partial charge >= 0.3 is 0 Å². The molecule has 0 aliphatic heterocycles. The Hall–Kier alpha value is -2.33. The minimum atomic E-state index is 0.819. The van der Waals surface area contributed by atoms with E-state index in [2.05, 4.69) is 27.4 Å². The summed E-state index contributed by atoms with van der Waals surface area (Å²) in [6.45, 7) is 2.07. The Morgan fingerprint density at radius 2 is 1.80 bits per heavy atom. The van der Waals surface area contributed by atoms with E-state index in [9.17, 15) is 0 Å². The van der Waals surface area contributed by atoms with Crippen LogP contribution >= 0.6 is 0 Å². The van der Waals surface area contributed by atoms with Crippen molar-refractivity contribution in [1.82, 2.24) is 15.3 Å². The van der Waals surface area contributed by atoms with E-state index in [-0.39, 0.29) is 0 Å². The minimum Gasteiger partial charge on any atom is -0.457 e. The average molecular weight is 335 g/mol. The fourth-order valence-corrected chi connectivity index (χ4v) is 3.60. The van der Waals surface area contributed by atoms with Gasteiger partial charge in [0, 0.05) is 12.6 Å². The molecule has 1 fully saturated rings. The van der Waals surface area contributed by atoms with Crippen molar-refractivity contribution in [3.63, 3.8) is 0 Å². The molecule has 0 amide bonds. The molecule has 2 aromatic carbocycles. The first kappa shape index (κ1) is 16.2. The van der Waals surface area contributed by atoms with E-state index in [0.717, 1.165) is 41.5 Å². The van der Waals surface area contributed by atoms with Gasteiger partial charge in [0.25, 0.3) is 0 Å². The van der Waals surface area contributed by atoms with Gasteiger partial charge in [-0.3, -0.25) is 0 Å². The number of aromatic amines is 1. The lowest BCUT2D eigenvalue weighted by Crippen LogP contribution is -2.24. The molecule has 0 saturated heterocycles. The Morgan fingerprint density at radius 1 is 1.00 bits per heavy atom. The maximum absolute atomic E-state index is 5.94. The van der Waals surface area contributed by atoms with Crippen LogP contribution in [0.3, 0.4) is 0 Å². The molecule has 1 aliphatic rings. The lowest BCUT2D eigenvalue weighted by atomic mass is 9.89. The number of rotatable bonds is 6. The van der Waals surface area contributed by atoms with E-state index in [1.165, 1.54) is 37.7 Å². The van der Waals surface area contributed by atoms with E-state index in [0.29, 0.717) is 0 Å². The number of nitrogens with zero attached hydrogens (tertiary/aromatic N) is 1. The molecule has 25 heavy (non-hydrogen) atoms. The van der Waals surface area contributed by atoms with Crippen molar-refractivity contribution in [3.8, 4) is 11.5 Å². The molecule has 0 unspecified atom stereocenters. The number of ether oxygens (including phenoxy) is 1. The SMILES string of the molecule is c1nc2ccc(Oc3ccc(CNCC4CCCCC4)cc3)cc2[nH]1. The molecule has 0 radical (unpaired) electrons. The van der Waals surface area contributed by atoms with Crippen LogP contribution in [0.1, 0.15) is 37.7 Å². The van der Waals surface area contributed by atoms with E-state index in [1.807, 2.05) is 30.3 Å². The summed E-state index contributed by atoms with van der Waals surface area (Å²) in [6.07, 6.45) is 8.71. The summed E-state index contributed by atoms with van der Waals surface area (Å²) < 4.78 is 5.94. The molecule has 2 N–H and O–H groups in total. The molecule has 4 rings (SSSR count). The lowest BCUT2D eigenvalue weighted by molar-refractivity contribution is 0.342. The second kappa shape index (κ2) is 7.70. The third-order valence-electron chi connectivity index (χ3n) is 5.04. The molecule has 130 valence electrons. The second-order valence-corrected chi connectivity index (χ2v) is 6.96. The molecule has 0 bridgehead atoms. The summed E-state index contributed by atoms with van der Waals surface area (Å²) in [5.74, 6) is 2.54. The zero-order valence-corrected chi connectivity index (χ0v) is 14.5. The van der Waals surface area contributed by atoms with Gasteiger partial charge in [-0.15, -0.1) is 0 Å². The van der Waals surface area contributed by atoms with Crippen LogP contribution in [0.25, 0.3) is 11.0 Å². The summed E-state index contributed by atoms with van der Waals surface area (Å²) in [7, 11) is 0. The number of benzene rings is 2. The van der Waals surface area contributed by atoms with Crippen molar-refractivity contribution in [2.24, 2.45) is 5.92 Å². The maximum Gasteiger partial charge on any atom is 0.129 e. The standard InChI is InChI=1S/C21H25N3O/c1-2-4-16(5-3-1)13-22-14-17-6-8-18(9-7-17)25-19-10-11-20-21(12-19)24-15-23-20/h6-12,15-16,22H,1-5,13-14H2,(H,23,24). The zero-order chi connectivity index (χ0) is 16.9. The van der Waals surface area contributed by atoms with Crippen molar-refractivity contribution in [1.29, 1.82) is 0 Å². The molecule has 1 heterocycles. The number of imidazole rings is 1. The maximum atomic E-state index is 5.94. The number of hydrogen-bond acceptors (Lipinski definition) is 3. The first-order valence-electron chi connectivity index (χ1n) is 9.27. The topological polar surface area (TPSA) is 49.9 Å². The van der Waals surface area contributed by atoms with E-state index < -0.39 is 0 Å². The van der Waals surface area contributed by atoms with Crippen LogP contribution in [0.5, 0.6) is 11.5 Å². The van der Waals surface area contributed by atoms with Crippen LogP contribution < -0.4 is 10.1 Å². The monoisotopic (exact) mass is 335 g/mol. The Labute approximate surface area is 148 Å². The molecular formula is C21H25N3O. The summed E-state index contributed by atoms with van der Waals surface area (Å²) in [4.78, 5) is 7.33. The largest absolute Gasteiger partial charge is 0.457 e. The lowest BCUT2D eigenvalue weighted by Gasteiger charge is -2.21. The van der Waals surface area contributed by atoms with Gasteiger partial charge in [-0.25, -0.2) is 4.98 Å². The summed E-state index contributed by atoms with van der Waals surface area (Å²) >= 11 is 0. The molecule has 1 saturated carbocycles. The van der Waals surface area contributed by atoms with Crippen molar-refractivity contribution < 1.29 is 4.74 Å². The van der Waals surface area contributed by atoms with Crippen LogP contribution in [0.2, 0.25) is 0 Å². The van der Waals surface area contributed by atoms with Crippen LogP contribution in [0.15, 0.2) is 48.8 Å². The van der Waals surface area contributed by atoms with Crippen molar-refractivity contribution in [2.45, 2.75) is 38.6 Å². The van der Waals surface area contributed by atoms with Gasteiger partial charge in [-0.1, -0.05) is 31.4 Å². The summed E-state index contributed by atoms with van der Waals surface area (Å²) in [5, 5.41) is 3.61. The Kier molecular flexibility index (Phi) is 4.98. The quantitative estimate of drug-likeness (QED) is 0.664. The molecule has 4 heteroatoms. The van der Waals surface area contributed by atoms with Gasteiger partial charge < -0.3 is 15.0 Å². The molecule has 3 aromatic rings. The van der Waals surface area contributed by atoms with Gasteiger partial charge in [-0.05, 0) is 55.1 Å². The number of nitrogens with one attached hydrogen (secondary N) is 2. The molecule has 0 atom stereocenters. The Morgan fingerprint density at radius 3 is 2.64 bits per heavy atom. The summed E-state index contributed by atoms with van der Waals surface area (Å²) in [6, 6.07) is 14.2. The number of hydrogen-bond donors (Lipinski definition) is 2. The number of H-pyrrole nitrogens is 1. The fraction of sp³-hybridized carbons (Fsp3) is 0.381. The van der Waals surface area contributed by atoms with E-state index >= 15 is 0 Å². The predicted molar refractivity (Wildman–Crippen MR) is 101 cm³/mol. The van der Waals surface area contributed by atoms with Crippen LogP contribution in [-0.4, -0.2) is 16.5 Å². The average Bonchev–Trinajstić information content (AvgIpc) is 3.12. The predicted octanol–water partition coefficient (Wildman–Crippen LogP) is 5.03. The van der Waals surface area contributed by atoms with Gasteiger partial charge in [-0.2, -0.15) is 0 Å². The molecular weight excluding hydrogens is 310 g/mol. The van der Waals surface area contributed by atoms with Crippen molar-refractivity contribution in [2.75, 3.05) is 6.54 Å². The summed E-state index contributed by atoms with van der Waals surface area (Å²) in [5.41, 5.74) is 3.24. The van der Waals surface area contributed by atoms with Crippen LogP contribution in [0, 0.1) is 5.92 Å². The molecule has 0 spiro atoms. The molecule has 4 nitrogen and oxygen atoms in total. The normalized spacial score (nSPS) is 15.5. The first-order chi connectivity index (χ1) is 12.4. The highest BCUT2D eigenvalue weighted by atomic mass is 16.5. The smallest absolute Gasteiger partial charge is 0.129 e. The number of fused-ring (bicyclic) bond motifs is 1. The van der Waals surface area contributed by atoms with Crippen molar-refractivity contribution >= 4 is 11.0 Å². The Balaban J connectivity index is 1.30. The number of aromatic nitrogens is 2. The van der Waals surface area contributed by atoms with Gasteiger partial charge in [0.15, 0.2) is 0 Å². The van der Waals surface area contributed by atoms with Crippen LogP contribution in [-0.2, 0) is 6.54 Å². The van der Waals surface area contributed by atoms with Gasteiger partial charge in [0.2, 0.25) is 0 Å². The van der Waals surface area contributed by atoms with Crippen LogP contribution in [0.4, 0.5) is 0 Å². The Bertz CT molecular complexity index is 803. The molecule has 1 aliphatic carbocycles. The van der Waals surface area contributed by atoms with Crippen molar-refractivity contribution in [3.05, 3.63) is 54.4 Å². The zero-order valence-electron chi connectivity index (χ0n) is 14.5. The first-order valence-corrected chi connectivity index (χ1v) is 9.27. The third-order valence-corrected chi connectivity index (χ3v) is 5.04. The minimum absolute atomic E-state index is 0.819. The highest BCUT2D eigenvalue weighted by molar-refractivity contribution is 5.76. The van der Waals surface area contributed by atoms with E-state index in [1.54, 1.807) is 6.33 Å². The van der Waals surface area contributed by atoms with Gasteiger partial charge in [0.1, 0.15) is 11.5 Å².